The number of nitrogens with zero attached hydrogens (tertiary/aromatic N) is 4. The van der Waals surface area contributed by atoms with Gasteiger partial charge in [-0.2, -0.15) is 4.99 Å². The quantitative estimate of drug-likeness (QED) is 0.854. The molecule has 0 aromatic heterocycles. The van der Waals surface area contributed by atoms with Crippen LogP contribution in [0.2, 0.25) is 0 Å². The second-order valence-electron chi connectivity index (χ2n) is 7.87. The lowest BCUT2D eigenvalue weighted by molar-refractivity contribution is 0.305. The normalized spacial score (nSPS) is 25.8. The predicted molar refractivity (Wildman–Crippen MR) is 109 cm³/mol. The SMILES string of the molecule is CC1CCCCN1c1ccc(N2C(N)=NC(N)=NC23CCCCC3)cc1. The molecule has 6 heteroatoms. The standard InChI is InChI=1S/C20H30N6/c1-15-7-3-6-14-25(15)16-8-10-17(11-9-16)26-19(22)23-18(21)24-20(26)12-4-2-5-13-20/h8-11,15H,2-7,12-14H2,1H3,(H4,21,22,23,24). The van der Waals surface area contributed by atoms with Gasteiger partial charge in [-0.25, -0.2) is 4.99 Å². The number of aliphatic imine (C=N–C) groups is 2. The molecular weight excluding hydrogens is 324 g/mol. The van der Waals surface area contributed by atoms with Crippen LogP contribution in [0.4, 0.5) is 11.4 Å². The smallest absolute Gasteiger partial charge is 0.220 e. The maximum Gasteiger partial charge on any atom is 0.220 e. The summed E-state index contributed by atoms with van der Waals surface area (Å²) in [6.45, 7) is 3.45. The summed E-state index contributed by atoms with van der Waals surface area (Å²) in [6, 6.07) is 9.34. The average Bonchev–Trinajstić information content (AvgIpc) is 2.63. The largest absolute Gasteiger partial charge is 0.369 e. The van der Waals surface area contributed by atoms with Crippen LogP contribution in [-0.2, 0) is 0 Å². The summed E-state index contributed by atoms with van der Waals surface area (Å²) >= 11 is 0. The van der Waals surface area contributed by atoms with Crippen LogP contribution < -0.4 is 21.3 Å². The van der Waals surface area contributed by atoms with Gasteiger partial charge >= 0.3 is 0 Å². The third-order valence-corrected chi connectivity index (χ3v) is 6.09. The second-order valence-corrected chi connectivity index (χ2v) is 7.87. The number of benzene rings is 1. The molecule has 26 heavy (non-hydrogen) atoms. The summed E-state index contributed by atoms with van der Waals surface area (Å²) in [7, 11) is 0. The lowest BCUT2D eigenvalue weighted by atomic mass is 9.87. The van der Waals surface area contributed by atoms with Gasteiger partial charge in [-0.05, 0) is 76.1 Å². The van der Waals surface area contributed by atoms with Crippen molar-refractivity contribution >= 4 is 23.3 Å². The maximum absolute atomic E-state index is 6.31. The molecule has 1 spiro atoms. The first kappa shape index (κ1) is 17.2. The fourth-order valence-electron chi connectivity index (χ4n) is 4.77. The highest BCUT2D eigenvalue weighted by Crippen LogP contribution is 2.40. The predicted octanol–water partition coefficient (Wildman–Crippen LogP) is 3.18. The molecule has 2 heterocycles. The van der Waals surface area contributed by atoms with E-state index in [4.69, 9.17) is 16.5 Å². The molecule has 1 saturated heterocycles. The van der Waals surface area contributed by atoms with E-state index in [-0.39, 0.29) is 5.66 Å². The summed E-state index contributed by atoms with van der Waals surface area (Å²) in [6.07, 6.45) is 9.34. The molecule has 0 radical (unpaired) electrons. The molecule has 0 amide bonds. The van der Waals surface area contributed by atoms with E-state index in [1.54, 1.807) is 0 Å². The van der Waals surface area contributed by atoms with Crippen LogP contribution in [0, 0.1) is 0 Å². The highest BCUT2D eigenvalue weighted by Gasteiger charge is 2.42. The van der Waals surface area contributed by atoms with Gasteiger partial charge in [0.15, 0.2) is 0 Å². The molecular formula is C20H30N6. The van der Waals surface area contributed by atoms with E-state index in [9.17, 15) is 0 Å². The Labute approximate surface area is 156 Å². The third kappa shape index (κ3) is 3.02. The Morgan fingerprint density at radius 3 is 2.35 bits per heavy atom. The highest BCUT2D eigenvalue weighted by molar-refractivity contribution is 6.05. The number of hydrogen-bond acceptors (Lipinski definition) is 6. The number of hydrogen-bond donors (Lipinski definition) is 2. The molecule has 1 aromatic carbocycles. The van der Waals surface area contributed by atoms with E-state index in [1.165, 1.54) is 31.4 Å². The van der Waals surface area contributed by atoms with E-state index in [1.807, 2.05) is 0 Å². The molecule has 1 saturated carbocycles. The van der Waals surface area contributed by atoms with Gasteiger partial charge in [0.25, 0.3) is 0 Å². The van der Waals surface area contributed by atoms with Crippen molar-refractivity contribution in [3.8, 4) is 0 Å². The molecule has 1 aliphatic carbocycles. The summed E-state index contributed by atoms with van der Waals surface area (Å²) in [5.41, 5.74) is 14.2. The molecule has 2 fully saturated rings. The Bertz CT molecular complexity index is 702. The van der Waals surface area contributed by atoms with E-state index in [0.717, 1.165) is 37.9 Å². The van der Waals surface area contributed by atoms with Crippen LogP contribution in [0.15, 0.2) is 34.3 Å². The zero-order valence-electron chi connectivity index (χ0n) is 15.7. The Balaban J connectivity index is 1.64. The Morgan fingerprint density at radius 2 is 1.65 bits per heavy atom. The van der Waals surface area contributed by atoms with Crippen molar-refractivity contribution in [1.82, 2.24) is 0 Å². The molecule has 0 bridgehead atoms. The fraction of sp³-hybridized carbons (Fsp3) is 0.600. The zero-order valence-corrected chi connectivity index (χ0v) is 15.7. The lowest BCUT2D eigenvalue weighted by Crippen LogP contribution is -2.58. The highest BCUT2D eigenvalue weighted by atomic mass is 15.4. The first-order valence-electron chi connectivity index (χ1n) is 9.95. The molecule has 140 valence electrons. The minimum absolute atomic E-state index is 0.305. The van der Waals surface area contributed by atoms with Gasteiger partial charge in [0.1, 0.15) is 5.66 Å². The van der Waals surface area contributed by atoms with Crippen LogP contribution in [0.5, 0.6) is 0 Å². The van der Waals surface area contributed by atoms with Gasteiger partial charge in [-0.1, -0.05) is 6.42 Å². The minimum atomic E-state index is -0.367. The third-order valence-electron chi connectivity index (χ3n) is 6.09. The number of guanidine groups is 2. The molecule has 6 nitrogen and oxygen atoms in total. The van der Waals surface area contributed by atoms with Crippen LogP contribution in [-0.4, -0.2) is 30.2 Å². The van der Waals surface area contributed by atoms with E-state index in [0.29, 0.717) is 18.0 Å². The van der Waals surface area contributed by atoms with Gasteiger partial charge < -0.3 is 16.4 Å². The monoisotopic (exact) mass is 354 g/mol. The van der Waals surface area contributed by atoms with Crippen molar-refractivity contribution < 1.29 is 0 Å². The second kappa shape index (κ2) is 6.82. The fourth-order valence-corrected chi connectivity index (χ4v) is 4.77. The summed E-state index contributed by atoms with van der Waals surface area (Å²) in [5.74, 6) is 0.762. The van der Waals surface area contributed by atoms with Gasteiger partial charge in [-0.3, -0.25) is 4.90 Å². The van der Waals surface area contributed by atoms with Crippen molar-refractivity contribution in [1.29, 1.82) is 0 Å². The number of anilines is 2. The number of nitrogens with two attached hydrogens (primary N) is 2. The van der Waals surface area contributed by atoms with Gasteiger partial charge in [0.2, 0.25) is 11.9 Å². The van der Waals surface area contributed by atoms with E-state index in [2.05, 4.69) is 46.0 Å². The topological polar surface area (TPSA) is 83.2 Å². The van der Waals surface area contributed by atoms with Crippen molar-refractivity contribution in [2.75, 3.05) is 16.3 Å². The molecule has 3 aliphatic rings. The number of piperidine rings is 1. The first-order chi connectivity index (χ1) is 12.6. The van der Waals surface area contributed by atoms with Crippen molar-refractivity contribution in [2.24, 2.45) is 21.5 Å². The summed E-state index contributed by atoms with van der Waals surface area (Å²) in [4.78, 5) is 13.6. The van der Waals surface area contributed by atoms with Crippen molar-refractivity contribution in [3.05, 3.63) is 24.3 Å². The number of rotatable bonds is 2. The first-order valence-corrected chi connectivity index (χ1v) is 9.95. The van der Waals surface area contributed by atoms with Gasteiger partial charge in [0.05, 0.1) is 0 Å². The lowest BCUT2D eigenvalue weighted by Gasteiger charge is -2.45. The van der Waals surface area contributed by atoms with Crippen LogP contribution in [0.3, 0.4) is 0 Å². The summed E-state index contributed by atoms with van der Waals surface area (Å²) in [5, 5.41) is 0. The van der Waals surface area contributed by atoms with Crippen LogP contribution in [0.25, 0.3) is 0 Å². The average molecular weight is 355 g/mol. The van der Waals surface area contributed by atoms with E-state index < -0.39 is 0 Å². The Morgan fingerprint density at radius 1 is 0.962 bits per heavy atom. The Kier molecular flexibility index (Phi) is 4.51. The summed E-state index contributed by atoms with van der Waals surface area (Å²) < 4.78 is 0. The van der Waals surface area contributed by atoms with Crippen molar-refractivity contribution in [3.63, 3.8) is 0 Å². The molecule has 4 rings (SSSR count). The molecule has 1 unspecified atom stereocenters. The van der Waals surface area contributed by atoms with Crippen LogP contribution >= 0.6 is 0 Å². The zero-order chi connectivity index (χ0) is 18.1. The van der Waals surface area contributed by atoms with Crippen LogP contribution in [0.1, 0.15) is 58.3 Å². The van der Waals surface area contributed by atoms with Gasteiger partial charge in [-0.15, -0.1) is 0 Å². The van der Waals surface area contributed by atoms with Gasteiger partial charge in [0, 0.05) is 24.0 Å². The molecule has 1 aromatic rings. The molecule has 1 atom stereocenters. The van der Waals surface area contributed by atoms with E-state index >= 15 is 0 Å². The maximum atomic E-state index is 6.31. The molecule has 2 aliphatic heterocycles. The molecule has 4 N–H and O–H groups in total. The minimum Gasteiger partial charge on any atom is -0.369 e. The Hall–Kier alpha value is -2.24. The van der Waals surface area contributed by atoms with Crippen molar-refractivity contribution in [2.45, 2.75) is 70.0 Å².